The lowest BCUT2D eigenvalue weighted by molar-refractivity contribution is 0.293. The monoisotopic (exact) mass is 224 g/mol. The van der Waals surface area contributed by atoms with Gasteiger partial charge in [0.15, 0.2) is 0 Å². The molecule has 0 saturated heterocycles. The van der Waals surface area contributed by atoms with Crippen LogP contribution < -0.4 is 10.9 Å². The molecule has 16 heavy (non-hydrogen) atoms. The first-order chi connectivity index (χ1) is 7.05. The predicted octanol–water partition coefficient (Wildman–Crippen LogP) is 3.47. The van der Waals surface area contributed by atoms with Crippen LogP contribution in [0.4, 0.5) is 0 Å². The van der Waals surface area contributed by atoms with Gasteiger partial charge in [-0.3, -0.25) is 0 Å². The maximum atomic E-state index is 3.46. The number of allylic oxidation sites excluding steroid dienone is 1. The van der Waals surface area contributed by atoms with Gasteiger partial charge < -0.3 is 5.43 Å². The van der Waals surface area contributed by atoms with E-state index in [1.807, 2.05) is 0 Å². The van der Waals surface area contributed by atoms with Crippen molar-refractivity contribution in [2.24, 2.45) is 16.7 Å². The molecule has 0 amide bonds. The fourth-order valence-electron chi connectivity index (χ4n) is 2.36. The summed E-state index contributed by atoms with van der Waals surface area (Å²) in [5.74, 6) is 0.584. The molecule has 94 valence electrons. The first kappa shape index (κ1) is 13.6. The standard InChI is InChI=1S/C14H28N2/c1-9(2)10-11(13(3,4)5)15-16-12(10)14(6,7)8/h9,11,15-16H,1-8H3. The van der Waals surface area contributed by atoms with Crippen LogP contribution in [0, 0.1) is 16.7 Å². The molecule has 1 heterocycles. The smallest absolute Gasteiger partial charge is 0.0540 e. The summed E-state index contributed by atoms with van der Waals surface area (Å²) < 4.78 is 0. The molecule has 0 aromatic heterocycles. The second-order valence-corrected chi connectivity index (χ2v) is 7.30. The molecule has 1 atom stereocenters. The summed E-state index contributed by atoms with van der Waals surface area (Å²) >= 11 is 0. The average Bonchev–Trinajstić information content (AvgIpc) is 2.43. The van der Waals surface area contributed by atoms with Gasteiger partial charge in [-0.1, -0.05) is 55.4 Å². The van der Waals surface area contributed by atoms with Crippen LogP contribution >= 0.6 is 0 Å². The summed E-state index contributed by atoms with van der Waals surface area (Å²) in [6.07, 6.45) is 0. The van der Waals surface area contributed by atoms with Gasteiger partial charge in [0.2, 0.25) is 0 Å². The van der Waals surface area contributed by atoms with E-state index < -0.39 is 0 Å². The average molecular weight is 224 g/mol. The highest BCUT2D eigenvalue weighted by molar-refractivity contribution is 5.30. The van der Waals surface area contributed by atoms with Crippen LogP contribution in [0.3, 0.4) is 0 Å². The number of rotatable bonds is 1. The zero-order chi connectivity index (χ0) is 12.7. The van der Waals surface area contributed by atoms with E-state index in [2.05, 4.69) is 66.2 Å². The molecule has 0 radical (unpaired) electrons. The van der Waals surface area contributed by atoms with Crippen molar-refractivity contribution in [2.45, 2.75) is 61.4 Å². The summed E-state index contributed by atoms with van der Waals surface area (Å²) in [5, 5.41) is 0. The van der Waals surface area contributed by atoms with Crippen molar-refractivity contribution >= 4 is 0 Å². The van der Waals surface area contributed by atoms with Gasteiger partial charge in [0, 0.05) is 11.1 Å². The van der Waals surface area contributed by atoms with Gasteiger partial charge in [0.25, 0.3) is 0 Å². The van der Waals surface area contributed by atoms with Crippen LogP contribution in [0.5, 0.6) is 0 Å². The zero-order valence-corrected chi connectivity index (χ0v) is 12.2. The SMILES string of the molecule is CC(C)C1=C(C(C)(C)C)NNC1C(C)(C)C. The molecule has 0 aliphatic carbocycles. The summed E-state index contributed by atoms with van der Waals surface area (Å²) in [6, 6.07) is 0.432. The molecule has 2 N–H and O–H groups in total. The molecule has 0 saturated carbocycles. The van der Waals surface area contributed by atoms with Crippen LogP contribution in [0.1, 0.15) is 55.4 Å². The Balaban J connectivity index is 3.18. The Kier molecular flexibility index (Phi) is 3.45. The molecule has 2 nitrogen and oxygen atoms in total. The minimum Gasteiger partial charge on any atom is -0.324 e. The molecule has 0 aromatic carbocycles. The molecule has 0 bridgehead atoms. The highest BCUT2D eigenvalue weighted by atomic mass is 15.4. The van der Waals surface area contributed by atoms with Gasteiger partial charge in [-0.05, 0) is 16.9 Å². The van der Waals surface area contributed by atoms with Crippen LogP contribution in [-0.2, 0) is 0 Å². The molecule has 1 aliphatic rings. The van der Waals surface area contributed by atoms with E-state index in [4.69, 9.17) is 0 Å². The Morgan fingerprint density at radius 1 is 1.00 bits per heavy atom. The van der Waals surface area contributed by atoms with E-state index in [1.165, 1.54) is 5.70 Å². The van der Waals surface area contributed by atoms with E-state index in [1.54, 1.807) is 5.57 Å². The van der Waals surface area contributed by atoms with Gasteiger partial charge >= 0.3 is 0 Å². The van der Waals surface area contributed by atoms with Crippen molar-refractivity contribution in [3.05, 3.63) is 11.3 Å². The fraction of sp³-hybridized carbons (Fsp3) is 0.857. The minimum absolute atomic E-state index is 0.187. The summed E-state index contributed by atoms with van der Waals surface area (Å²) in [7, 11) is 0. The van der Waals surface area contributed by atoms with Crippen molar-refractivity contribution in [1.82, 2.24) is 10.9 Å². The fourth-order valence-corrected chi connectivity index (χ4v) is 2.36. The maximum Gasteiger partial charge on any atom is 0.0540 e. The van der Waals surface area contributed by atoms with Crippen molar-refractivity contribution in [3.8, 4) is 0 Å². The van der Waals surface area contributed by atoms with Crippen molar-refractivity contribution < 1.29 is 0 Å². The lowest BCUT2D eigenvalue weighted by Crippen LogP contribution is -2.42. The summed E-state index contributed by atoms with van der Waals surface area (Å²) in [6.45, 7) is 18.3. The predicted molar refractivity (Wildman–Crippen MR) is 70.8 cm³/mol. The molecule has 1 aliphatic heterocycles. The molecular formula is C14H28N2. The first-order valence-electron chi connectivity index (χ1n) is 6.31. The third-order valence-corrected chi connectivity index (χ3v) is 3.18. The first-order valence-corrected chi connectivity index (χ1v) is 6.31. The Morgan fingerprint density at radius 2 is 1.50 bits per heavy atom. The van der Waals surface area contributed by atoms with E-state index in [0.29, 0.717) is 12.0 Å². The molecule has 2 heteroatoms. The normalized spacial score (nSPS) is 22.9. The Hall–Kier alpha value is -0.500. The number of hydrazine groups is 1. The zero-order valence-electron chi connectivity index (χ0n) is 12.2. The highest BCUT2D eigenvalue weighted by Gasteiger charge is 2.38. The number of hydrogen-bond acceptors (Lipinski definition) is 2. The minimum atomic E-state index is 0.187. The second kappa shape index (κ2) is 4.06. The van der Waals surface area contributed by atoms with Gasteiger partial charge in [-0.2, -0.15) is 0 Å². The Bertz CT molecular complexity index is 287. The van der Waals surface area contributed by atoms with E-state index in [0.717, 1.165) is 0 Å². The van der Waals surface area contributed by atoms with Gasteiger partial charge in [-0.25, -0.2) is 5.43 Å². The third kappa shape index (κ3) is 2.60. The van der Waals surface area contributed by atoms with E-state index in [-0.39, 0.29) is 10.8 Å². The number of hydrogen-bond donors (Lipinski definition) is 2. The number of nitrogens with one attached hydrogen (secondary N) is 2. The van der Waals surface area contributed by atoms with Crippen LogP contribution in [0.2, 0.25) is 0 Å². The van der Waals surface area contributed by atoms with Crippen LogP contribution in [-0.4, -0.2) is 6.04 Å². The van der Waals surface area contributed by atoms with Gasteiger partial charge in [0.05, 0.1) is 6.04 Å². The highest BCUT2D eigenvalue weighted by Crippen LogP contribution is 2.38. The second-order valence-electron chi connectivity index (χ2n) is 7.30. The molecular weight excluding hydrogens is 196 g/mol. The Morgan fingerprint density at radius 3 is 1.81 bits per heavy atom. The lowest BCUT2D eigenvalue weighted by Gasteiger charge is -2.31. The maximum absolute atomic E-state index is 3.46. The molecule has 0 fully saturated rings. The van der Waals surface area contributed by atoms with Crippen molar-refractivity contribution in [1.29, 1.82) is 0 Å². The summed E-state index contributed by atoms with van der Waals surface area (Å²) in [5.41, 5.74) is 10.2. The molecule has 1 rings (SSSR count). The Labute approximate surface area is 101 Å². The van der Waals surface area contributed by atoms with E-state index >= 15 is 0 Å². The molecule has 1 unspecified atom stereocenters. The van der Waals surface area contributed by atoms with Gasteiger partial charge in [0.1, 0.15) is 0 Å². The molecule has 0 spiro atoms. The quantitative estimate of drug-likeness (QED) is 0.712. The third-order valence-electron chi connectivity index (χ3n) is 3.18. The van der Waals surface area contributed by atoms with Crippen molar-refractivity contribution in [3.63, 3.8) is 0 Å². The lowest BCUT2D eigenvalue weighted by atomic mass is 9.76. The molecule has 0 aromatic rings. The van der Waals surface area contributed by atoms with E-state index in [9.17, 15) is 0 Å². The van der Waals surface area contributed by atoms with Crippen molar-refractivity contribution in [2.75, 3.05) is 0 Å². The van der Waals surface area contributed by atoms with Crippen LogP contribution in [0.25, 0.3) is 0 Å². The summed E-state index contributed by atoms with van der Waals surface area (Å²) in [4.78, 5) is 0. The topological polar surface area (TPSA) is 24.1 Å². The van der Waals surface area contributed by atoms with Gasteiger partial charge in [-0.15, -0.1) is 0 Å². The van der Waals surface area contributed by atoms with Crippen LogP contribution in [0.15, 0.2) is 11.3 Å². The largest absolute Gasteiger partial charge is 0.324 e.